The van der Waals surface area contributed by atoms with Gasteiger partial charge < -0.3 is 14.4 Å². The fourth-order valence-corrected chi connectivity index (χ4v) is 2.08. The second kappa shape index (κ2) is 7.24. The van der Waals surface area contributed by atoms with Gasteiger partial charge in [-0.2, -0.15) is 4.98 Å². The number of hydrogen-bond donors (Lipinski definition) is 1. The van der Waals surface area contributed by atoms with Crippen LogP contribution >= 0.6 is 0 Å². The lowest BCUT2D eigenvalue weighted by atomic mass is 10.2. The number of aromatic nitrogens is 3. The van der Waals surface area contributed by atoms with Crippen molar-refractivity contribution in [2.75, 3.05) is 6.54 Å². The lowest BCUT2D eigenvalue weighted by Crippen LogP contribution is -2.21. The van der Waals surface area contributed by atoms with Crippen LogP contribution in [-0.2, 0) is 19.5 Å². The van der Waals surface area contributed by atoms with Crippen molar-refractivity contribution in [3.05, 3.63) is 35.7 Å². The first-order valence-corrected chi connectivity index (χ1v) is 7.35. The van der Waals surface area contributed by atoms with Crippen LogP contribution in [0.2, 0.25) is 0 Å². The zero-order chi connectivity index (χ0) is 14.4. The van der Waals surface area contributed by atoms with Crippen LogP contribution in [0.15, 0.2) is 22.9 Å². The normalized spacial score (nSPS) is 11.4. The molecule has 2 aromatic heterocycles. The molecule has 20 heavy (non-hydrogen) atoms. The summed E-state index contributed by atoms with van der Waals surface area (Å²) < 4.78 is 7.38. The maximum atomic E-state index is 5.22. The first-order valence-electron chi connectivity index (χ1n) is 7.35. The molecule has 0 amide bonds. The molecule has 5 heteroatoms. The summed E-state index contributed by atoms with van der Waals surface area (Å²) in [5, 5.41) is 7.49. The molecule has 0 radical (unpaired) electrons. The second-order valence-electron chi connectivity index (χ2n) is 5.51. The molecule has 2 heterocycles. The molecule has 0 aromatic carbocycles. The van der Waals surface area contributed by atoms with Crippen molar-refractivity contribution in [3.8, 4) is 0 Å². The second-order valence-corrected chi connectivity index (χ2v) is 5.51. The highest BCUT2D eigenvalue weighted by Crippen LogP contribution is 2.07. The quantitative estimate of drug-likeness (QED) is 0.805. The van der Waals surface area contributed by atoms with Crippen molar-refractivity contribution in [1.29, 1.82) is 0 Å². The number of aryl methyl sites for hydroxylation is 1. The number of hydrogen-bond acceptors (Lipinski definition) is 4. The van der Waals surface area contributed by atoms with Crippen molar-refractivity contribution in [2.45, 2.75) is 46.7 Å². The lowest BCUT2D eigenvalue weighted by Gasteiger charge is -2.10. The highest BCUT2D eigenvalue weighted by atomic mass is 16.5. The average molecular weight is 276 g/mol. The van der Waals surface area contributed by atoms with Crippen LogP contribution in [0.1, 0.15) is 44.6 Å². The molecule has 0 saturated carbocycles. The summed E-state index contributed by atoms with van der Waals surface area (Å²) in [6, 6.07) is 4.18. The Morgan fingerprint density at radius 3 is 3.00 bits per heavy atom. The molecule has 0 saturated heterocycles. The van der Waals surface area contributed by atoms with E-state index in [4.69, 9.17) is 4.52 Å². The molecule has 0 unspecified atom stereocenters. The van der Waals surface area contributed by atoms with Gasteiger partial charge in [0.25, 0.3) is 0 Å². The summed E-state index contributed by atoms with van der Waals surface area (Å²) in [5.74, 6) is 2.14. The van der Waals surface area contributed by atoms with Crippen LogP contribution in [0, 0.1) is 5.92 Å². The van der Waals surface area contributed by atoms with Crippen LogP contribution in [0.5, 0.6) is 0 Å². The van der Waals surface area contributed by atoms with E-state index in [9.17, 15) is 0 Å². The SMILES string of the molecule is CCCc1nc(Cn2cccc2CNCC(C)C)no1. The first kappa shape index (κ1) is 14.8. The third kappa shape index (κ3) is 4.20. The summed E-state index contributed by atoms with van der Waals surface area (Å²) in [6.07, 6.45) is 3.93. The van der Waals surface area contributed by atoms with E-state index in [1.165, 1.54) is 5.69 Å². The molecule has 0 aliphatic carbocycles. The van der Waals surface area contributed by atoms with E-state index in [1.54, 1.807) is 0 Å². The maximum Gasteiger partial charge on any atom is 0.226 e. The van der Waals surface area contributed by atoms with Gasteiger partial charge in [0.1, 0.15) is 0 Å². The van der Waals surface area contributed by atoms with Gasteiger partial charge in [-0.25, -0.2) is 0 Å². The van der Waals surface area contributed by atoms with E-state index in [0.717, 1.165) is 37.6 Å². The Labute approximate surface area is 120 Å². The van der Waals surface area contributed by atoms with Crippen molar-refractivity contribution in [1.82, 2.24) is 20.0 Å². The van der Waals surface area contributed by atoms with Gasteiger partial charge in [0.05, 0.1) is 6.54 Å². The molecule has 0 aliphatic rings. The third-order valence-corrected chi connectivity index (χ3v) is 3.07. The van der Waals surface area contributed by atoms with E-state index < -0.39 is 0 Å². The van der Waals surface area contributed by atoms with Crippen LogP contribution in [0.4, 0.5) is 0 Å². The zero-order valence-corrected chi connectivity index (χ0v) is 12.6. The largest absolute Gasteiger partial charge is 0.342 e. The van der Waals surface area contributed by atoms with Gasteiger partial charge in [-0.3, -0.25) is 0 Å². The zero-order valence-electron chi connectivity index (χ0n) is 12.6. The molecular formula is C15H24N4O. The van der Waals surface area contributed by atoms with Crippen molar-refractivity contribution >= 4 is 0 Å². The Morgan fingerprint density at radius 2 is 2.25 bits per heavy atom. The van der Waals surface area contributed by atoms with E-state index in [2.05, 4.69) is 59.1 Å². The molecule has 0 bridgehead atoms. The van der Waals surface area contributed by atoms with Crippen LogP contribution < -0.4 is 5.32 Å². The number of nitrogens with zero attached hydrogens (tertiary/aromatic N) is 3. The topological polar surface area (TPSA) is 55.9 Å². The monoisotopic (exact) mass is 276 g/mol. The molecule has 1 N–H and O–H groups in total. The molecule has 5 nitrogen and oxygen atoms in total. The molecule has 0 aliphatic heterocycles. The highest BCUT2D eigenvalue weighted by Gasteiger charge is 2.08. The Kier molecular flexibility index (Phi) is 5.35. The van der Waals surface area contributed by atoms with Gasteiger partial charge in [0.2, 0.25) is 5.89 Å². The van der Waals surface area contributed by atoms with Crippen molar-refractivity contribution in [2.24, 2.45) is 5.92 Å². The van der Waals surface area contributed by atoms with Gasteiger partial charge in [0.15, 0.2) is 5.82 Å². The van der Waals surface area contributed by atoms with Crippen molar-refractivity contribution in [3.63, 3.8) is 0 Å². The fraction of sp³-hybridized carbons (Fsp3) is 0.600. The lowest BCUT2D eigenvalue weighted by molar-refractivity contribution is 0.371. The Morgan fingerprint density at radius 1 is 1.40 bits per heavy atom. The van der Waals surface area contributed by atoms with Crippen molar-refractivity contribution < 1.29 is 4.52 Å². The van der Waals surface area contributed by atoms with Crippen LogP contribution in [-0.4, -0.2) is 21.3 Å². The molecule has 0 spiro atoms. The number of rotatable bonds is 8. The fourth-order valence-electron chi connectivity index (χ4n) is 2.08. The summed E-state index contributed by atoms with van der Waals surface area (Å²) in [5.41, 5.74) is 1.24. The molecule has 0 atom stereocenters. The minimum Gasteiger partial charge on any atom is -0.342 e. The summed E-state index contributed by atoms with van der Waals surface area (Å²) in [4.78, 5) is 4.41. The summed E-state index contributed by atoms with van der Waals surface area (Å²) in [6.45, 7) is 9.08. The van der Waals surface area contributed by atoms with Crippen LogP contribution in [0.25, 0.3) is 0 Å². The Bertz CT molecular complexity index is 515. The predicted octanol–water partition coefficient (Wildman–Crippen LogP) is 2.62. The summed E-state index contributed by atoms with van der Waals surface area (Å²) in [7, 11) is 0. The minimum absolute atomic E-state index is 0.659. The first-order chi connectivity index (χ1) is 9.69. The maximum absolute atomic E-state index is 5.22. The van der Waals surface area contributed by atoms with Gasteiger partial charge in [-0.1, -0.05) is 25.9 Å². The smallest absolute Gasteiger partial charge is 0.226 e. The van der Waals surface area contributed by atoms with Gasteiger partial charge in [-0.15, -0.1) is 0 Å². The van der Waals surface area contributed by atoms with E-state index in [1.807, 2.05) is 0 Å². The highest BCUT2D eigenvalue weighted by molar-refractivity contribution is 5.08. The predicted molar refractivity (Wildman–Crippen MR) is 78.4 cm³/mol. The average Bonchev–Trinajstić information content (AvgIpc) is 3.01. The number of nitrogens with one attached hydrogen (secondary N) is 1. The molecular weight excluding hydrogens is 252 g/mol. The van der Waals surface area contributed by atoms with E-state index in [0.29, 0.717) is 12.5 Å². The molecule has 2 rings (SSSR count). The molecule has 110 valence electrons. The third-order valence-electron chi connectivity index (χ3n) is 3.07. The Hall–Kier alpha value is -1.62. The van der Waals surface area contributed by atoms with Crippen LogP contribution in [0.3, 0.4) is 0 Å². The minimum atomic E-state index is 0.659. The van der Waals surface area contributed by atoms with Gasteiger partial charge in [0, 0.05) is 24.9 Å². The Balaban J connectivity index is 1.93. The molecule has 0 fully saturated rings. The standard InChI is InChI=1S/C15H24N4O/c1-4-6-15-17-14(18-20-15)11-19-8-5-7-13(19)10-16-9-12(2)3/h5,7-8,12,16H,4,6,9-11H2,1-3H3. The van der Waals surface area contributed by atoms with Gasteiger partial charge >= 0.3 is 0 Å². The van der Waals surface area contributed by atoms with Gasteiger partial charge in [-0.05, 0) is 31.0 Å². The summed E-state index contributed by atoms with van der Waals surface area (Å²) >= 11 is 0. The molecule has 2 aromatic rings. The van der Waals surface area contributed by atoms with E-state index >= 15 is 0 Å². The van der Waals surface area contributed by atoms with E-state index in [-0.39, 0.29) is 0 Å².